The summed E-state index contributed by atoms with van der Waals surface area (Å²) in [5.74, 6) is 0. The van der Waals surface area contributed by atoms with Crippen molar-refractivity contribution >= 4 is 17.0 Å². The molecule has 3 rings (SSSR count). The zero-order valence-electron chi connectivity index (χ0n) is 12.5. The van der Waals surface area contributed by atoms with Gasteiger partial charge < -0.3 is 14.6 Å². The molecule has 112 valence electrons. The van der Waals surface area contributed by atoms with Crippen LogP contribution in [-0.2, 0) is 11.3 Å². The van der Waals surface area contributed by atoms with Crippen LogP contribution in [0.3, 0.4) is 0 Å². The van der Waals surface area contributed by atoms with Crippen molar-refractivity contribution in [2.45, 2.75) is 19.0 Å². The van der Waals surface area contributed by atoms with E-state index in [1.165, 1.54) is 5.39 Å². The molecule has 1 N–H and O–H groups in total. The zero-order chi connectivity index (χ0) is 14.8. The monoisotopic (exact) mass is 287 g/mol. The van der Waals surface area contributed by atoms with Gasteiger partial charge in [-0.05, 0) is 56.2 Å². The maximum atomic E-state index is 11.9. The summed E-state index contributed by atoms with van der Waals surface area (Å²) in [7, 11) is 4.09. The molecule has 1 fully saturated rings. The fourth-order valence-electron chi connectivity index (χ4n) is 2.73. The molecule has 1 unspecified atom stereocenters. The van der Waals surface area contributed by atoms with Gasteiger partial charge in [-0.15, -0.1) is 0 Å². The Hall–Kier alpha value is -2.01. The molecule has 2 heterocycles. The van der Waals surface area contributed by atoms with Gasteiger partial charge in [-0.3, -0.25) is 4.90 Å². The lowest BCUT2D eigenvalue weighted by Crippen LogP contribution is -2.35. The highest BCUT2D eigenvalue weighted by Crippen LogP contribution is 2.21. The highest BCUT2D eigenvalue weighted by atomic mass is 16.6. The Kier molecular flexibility index (Phi) is 3.84. The van der Waals surface area contributed by atoms with Gasteiger partial charge in [0.1, 0.15) is 6.61 Å². The second-order valence-electron chi connectivity index (χ2n) is 5.85. The molecule has 21 heavy (non-hydrogen) atoms. The fourth-order valence-corrected chi connectivity index (χ4v) is 2.73. The van der Waals surface area contributed by atoms with Crippen molar-refractivity contribution < 1.29 is 9.53 Å². The normalized spacial score (nSPS) is 18.7. The molecule has 1 atom stereocenters. The average molecular weight is 287 g/mol. The molecular weight excluding hydrogens is 266 g/mol. The Balaban J connectivity index is 1.72. The number of benzene rings is 1. The van der Waals surface area contributed by atoms with Crippen molar-refractivity contribution in [3.63, 3.8) is 0 Å². The van der Waals surface area contributed by atoms with Gasteiger partial charge in [-0.1, -0.05) is 6.07 Å². The molecule has 1 amide bonds. The number of nitrogens with one attached hydrogen (secondary N) is 1. The van der Waals surface area contributed by atoms with Crippen LogP contribution in [0.2, 0.25) is 0 Å². The predicted molar refractivity (Wildman–Crippen MR) is 82.1 cm³/mol. The largest absolute Gasteiger partial charge is 0.447 e. The highest BCUT2D eigenvalue weighted by molar-refractivity contribution is 5.80. The summed E-state index contributed by atoms with van der Waals surface area (Å²) >= 11 is 0. The summed E-state index contributed by atoms with van der Waals surface area (Å²) in [4.78, 5) is 19.1. The number of carbonyl (C=O) groups is 1. The molecule has 5 nitrogen and oxygen atoms in total. The molecule has 1 aliphatic heterocycles. The molecule has 5 heteroatoms. The average Bonchev–Trinajstić information content (AvgIpc) is 3.04. The number of carbonyl (C=O) groups excluding carboxylic acids is 1. The summed E-state index contributed by atoms with van der Waals surface area (Å²) in [6, 6.07) is 8.46. The lowest BCUT2D eigenvalue weighted by Gasteiger charge is -2.22. The number of aromatic nitrogens is 1. The van der Waals surface area contributed by atoms with Crippen molar-refractivity contribution in [1.29, 1.82) is 0 Å². The molecule has 0 radical (unpaired) electrons. The molecule has 1 saturated heterocycles. The van der Waals surface area contributed by atoms with Crippen LogP contribution in [0.4, 0.5) is 4.79 Å². The van der Waals surface area contributed by atoms with Gasteiger partial charge in [0.2, 0.25) is 0 Å². The predicted octanol–water partition coefficient (Wildman–Crippen LogP) is 2.44. The minimum absolute atomic E-state index is 0.168. The van der Waals surface area contributed by atoms with Crippen molar-refractivity contribution in [2.24, 2.45) is 0 Å². The molecule has 0 spiro atoms. The van der Waals surface area contributed by atoms with E-state index in [-0.39, 0.29) is 12.1 Å². The Morgan fingerprint density at radius 3 is 3.05 bits per heavy atom. The molecule has 0 saturated carbocycles. The van der Waals surface area contributed by atoms with E-state index in [2.05, 4.69) is 28.1 Å². The number of fused-ring (bicyclic) bond motifs is 1. The van der Waals surface area contributed by atoms with Crippen LogP contribution in [0.25, 0.3) is 10.9 Å². The number of ether oxygens (including phenoxy) is 1. The standard InChI is InChI=1S/C16H21N3O2/c1-18(2)8-6-14-11-21-16(20)19(14)10-12-3-4-15-13(9-12)5-7-17-15/h3-5,7,9,14,17H,6,8,10-11H2,1-2H3. The first-order valence-electron chi connectivity index (χ1n) is 7.27. The van der Waals surface area contributed by atoms with Gasteiger partial charge in [0.05, 0.1) is 6.04 Å². The number of H-pyrrole nitrogens is 1. The Bertz CT molecular complexity index is 635. The molecule has 2 aromatic rings. The second kappa shape index (κ2) is 5.77. The Morgan fingerprint density at radius 2 is 2.24 bits per heavy atom. The lowest BCUT2D eigenvalue weighted by molar-refractivity contribution is 0.155. The van der Waals surface area contributed by atoms with E-state index < -0.39 is 0 Å². The topological polar surface area (TPSA) is 48.6 Å². The van der Waals surface area contributed by atoms with Gasteiger partial charge >= 0.3 is 6.09 Å². The second-order valence-corrected chi connectivity index (χ2v) is 5.85. The summed E-state index contributed by atoms with van der Waals surface area (Å²) in [6.45, 7) is 2.06. The highest BCUT2D eigenvalue weighted by Gasteiger charge is 2.32. The zero-order valence-corrected chi connectivity index (χ0v) is 12.5. The van der Waals surface area contributed by atoms with Gasteiger partial charge in [0.15, 0.2) is 0 Å². The summed E-state index contributed by atoms with van der Waals surface area (Å²) in [6.07, 6.45) is 2.66. The molecular formula is C16H21N3O2. The maximum absolute atomic E-state index is 11.9. The lowest BCUT2D eigenvalue weighted by atomic mass is 10.1. The van der Waals surface area contributed by atoms with E-state index in [0.717, 1.165) is 24.0 Å². The minimum atomic E-state index is -0.201. The van der Waals surface area contributed by atoms with Crippen LogP contribution in [0.5, 0.6) is 0 Å². The number of nitrogens with zero attached hydrogens (tertiary/aromatic N) is 2. The molecule has 1 aromatic heterocycles. The number of rotatable bonds is 5. The summed E-state index contributed by atoms with van der Waals surface area (Å²) in [5, 5.41) is 1.17. The summed E-state index contributed by atoms with van der Waals surface area (Å²) in [5.41, 5.74) is 2.25. The quantitative estimate of drug-likeness (QED) is 0.919. The van der Waals surface area contributed by atoms with E-state index in [9.17, 15) is 4.79 Å². The van der Waals surface area contributed by atoms with Crippen LogP contribution in [0, 0.1) is 0 Å². The smallest absolute Gasteiger partial charge is 0.410 e. The number of cyclic esters (lactones) is 1. The Morgan fingerprint density at radius 1 is 1.38 bits per heavy atom. The Labute approximate surface area is 124 Å². The van der Waals surface area contributed by atoms with Crippen molar-refractivity contribution in [1.82, 2.24) is 14.8 Å². The van der Waals surface area contributed by atoms with E-state index in [0.29, 0.717) is 13.2 Å². The van der Waals surface area contributed by atoms with E-state index in [1.54, 1.807) is 0 Å². The third-order valence-corrected chi connectivity index (χ3v) is 3.95. The van der Waals surface area contributed by atoms with Crippen LogP contribution < -0.4 is 0 Å². The molecule has 1 aromatic carbocycles. The maximum Gasteiger partial charge on any atom is 0.410 e. The molecule has 1 aliphatic rings. The molecule has 0 bridgehead atoms. The first kappa shape index (κ1) is 13.9. The van der Waals surface area contributed by atoms with Gasteiger partial charge in [0, 0.05) is 18.3 Å². The minimum Gasteiger partial charge on any atom is -0.447 e. The molecule has 0 aliphatic carbocycles. The first-order valence-corrected chi connectivity index (χ1v) is 7.27. The van der Waals surface area contributed by atoms with Gasteiger partial charge in [0.25, 0.3) is 0 Å². The fraction of sp³-hybridized carbons (Fsp3) is 0.438. The van der Waals surface area contributed by atoms with Crippen molar-refractivity contribution in [3.8, 4) is 0 Å². The SMILES string of the molecule is CN(C)CCC1COC(=O)N1Cc1ccc2[nH]ccc2c1. The first-order chi connectivity index (χ1) is 10.1. The number of hydrogen-bond donors (Lipinski definition) is 1. The van der Waals surface area contributed by atoms with Crippen molar-refractivity contribution in [3.05, 3.63) is 36.0 Å². The number of amides is 1. The van der Waals surface area contributed by atoms with E-state index >= 15 is 0 Å². The third kappa shape index (κ3) is 3.03. The van der Waals surface area contributed by atoms with Gasteiger partial charge in [-0.2, -0.15) is 0 Å². The summed E-state index contributed by atoms with van der Waals surface area (Å²) < 4.78 is 5.22. The van der Waals surface area contributed by atoms with Gasteiger partial charge in [-0.25, -0.2) is 4.79 Å². The van der Waals surface area contributed by atoms with Crippen LogP contribution in [0.1, 0.15) is 12.0 Å². The van der Waals surface area contributed by atoms with E-state index in [4.69, 9.17) is 4.74 Å². The van der Waals surface area contributed by atoms with Crippen LogP contribution >= 0.6 is 0 Å². The van der Waals surface area contributed by atoms with Crippen molar-refractivity contribution in [2.75, 3.05) is 27.2 Å². The number of hydrogen-bond acceptors (Lipinski definition) is 3. The van der Waals surface area contributed by atoms with E-state index in [1.807, 2.05) is 31.3 Å². The number of aromatic amines is 1. The van der Waals surface area contributed by atoms with Crippen LogP contribution in [0.15, 0.2) is 30.5 Å². The third-order valence-electron chi connectivity index (χ3n) is 3.95. The van der Waals surface area contributed by atoms with Crippen LogP contribution in [-0.4, -0.2) is 54.2 Å².